The molecule has 0 aliphatic carbocycles. The van der Waals surface area contributed by atoms with Gasteiger partial charge in [0.25, 0.3) is 0 Å². The van der Waals surface area contributed by atoms with E-state index in [1.165, 1.54) is 0 Å². The molecule has 2 aromatic heterocycles. The summed E-state index contributed by atoms with van der Waals surface area (Å²) in [5.41, 5.74) is 6.89. The smallest absolute Gasteiger partial charge is 0.248 e. The highest BCUT2D eigenvalue weighted by atomic mass is 19.1. The van der Waals surface area contributed by atoms with E-state index in [-0.39, 0.29) is 0 Å². The molecule has 0 atom stereocenters. The van der Waals surface area contributed by atoms with Crippen LogP contribution in [-0.2, 0) is 0 Å². The van der Waals surface area contributed by atoms with Gasteiger partial charge < -0.3 is 15.5 Å². The molecule has 0 radical (unpaired) electrons. The number of nitrogens with two attached hydrogens (primary N) is 1. The fourth-order valence-corrected chi connectivity index (χ4v) is 2.08. The Bertz CT molecular complexity index is 842. The van der Waals surface area contributed by atoms with E-state index in [0.29, 0.717) is 33.7 Å². The number of carbonyl (C=O) groups is 1. The lowest BCUT2D eigenvalue weighted by Crippen LogP contribution is -2.10. The van der Waals surface area contributed by atoms with Gasteiger partial charge in [0.2, 0.25) is 11.9 Å². The quantitative estimate of drug-likeness (QED) is 0.725. The highest BCUT2D eigenvalue weighted by molar-refractivity contribution is 5.97. The predicted molar refractivity (Wildman–Crippen MR) is 77.5 cm³/mol. The Labute approximate surface area is 119 Å². The lowest BCUT2D eigenvalue weighted by atomic mass is 10.1. The van der Waals surface area contributed by atoms with Crippen LogP contribution in [0.25, 0.3) is 22.4 Å². The Morgan fingerprint density at radius 3 is 2.76 bits per heavy atom. The van der Waals surface area contributed by atoms with E-state index in [1.54, 1.807) is 43.4 Å². The van der Waals surface area contributed by atoms with Gasteiger partial charge in [-0.2, -0.15) is 4.39 Å². The van der Waals surface area contributed by atoms with Crippen LogP contribution in [0.5, 0.6) is 0 Å². The van der Waals surface area contributed by atoms with Crippen LogP contribution in [0, 0.1) is 5.95 Å². The average molecular weight is 285 g/mol. The van der Waals surface area contributed by atoms with Gasteiger partial charge in [-0.15, -0.1) is 0 Å². The highest BCUT2D eigenvalue weighted by Gasteiger charge is 2.11. The van der Waals surface area contributed by atoms with Crippen LogP contribution < -0.4 is 11.1 Å². The van der Waals surface area contributed by atoms with Crippen LogP contribution in [0.4, 0.5) is 10.1 Å². The SMILES string of the molecule is CNc1ccc(-c2cc3cc(C(N)=O)ccc3o2)nc1F. The average Bonchev–Trinajstić information content (AvgIpc) is 2.89. The Morgan fingerprint density at radius 2 is 2.10 bits per heavy atom. The second-order valence-corrected chi connectivity index (χ2v) is 4.51. The number of hydrogen-bond donors (Lipinski definition) is 2. The number of benzene rings is 1. The third kappa shape index (κ3) is 2.31. The van der Waals surface area contributed by atoms with Gasteiger partial charge in [-0.1, -0.05) is 0 Å². The Morgan fingerprint density at radius 1 is 1.29 bits per heavy atom. The van der Waals surface area contributed by atoms with E-state index in [0.717, 1.165) is 0 Å². The number of hydrogen-bond acceptors (Lipinski definition) is 4. The van der Waals surface area contributed by atoms with Crippen LogP contribution >= 0.6 is 0 Å². The first-order chi connectivity index (χ1) is 10.1. The maximum Gasteiger partial charge on any atom is 0.248 e. The Kier molecular flexibility index (Phi) is 3.06. The number of rotatable bonds is 3. The van der Waals surface area contributed by atoms with Crippen molar-refractivity contribution < 1.29 is 13.6 Å². The second-order valence-electron chi connectivity index (χ2n) is 4.51. The molecule has 0 spiro atoms. The molecule has 3 N–H and O–H groups in total. The molecule has 3 rings (SSSR count). The Balaban J connectivity index is 2.08. The third-order valence-electron chi connectivity index (χ3n) is 3.17. The number of anilines is 1. The number of nitrogens with one attached hydrogen (secondary N) is 1. The first-order valence-electron chi connectivity index (χ1n) is 6.26. The fourth-order valence-electron chi connectivity index (χ4n) is 2.08. The van der Waals surface area contributed by atoms with Crippen molar-refractivity contribution in [2.24, 2.45) is 5.73 Å². The standard InChI is InChI=1S/C15H12FN3O2/c1-18-11-4-3-10(19-14(11)16)13-7-9-6-8(15(17)20)2-5-12(9)21-13/h2-7,18H,1H3,(H2,17,20). The first-order valence-corrected chi connectivity index (χ1v) is 6.26. The van der Waals surface area contributed by atoms with Crippen LogP contribution in [0.1, 0.15) is 10.4 Å². The molecule has 0 aliphatic rings. The monoisotopic (exact) mass is 285 g/mol. The van der Waals surface area contributed by atoms with Crippen molar-refractivity contribution in [1.82, 2.24) is 4.98 Å². The minimum Gasteiger partial charge on any atom is -0.454 e. The first kappa shape index (κ1) is 13.1. The van der Waals surface area contributed by atoms with Crippen molar-refractivity contribution in [2.45, 2.75) is 0 Å². The van der Waals surface area contributed by atoms with Crippen LogP contribution in [-0.4, -0.2) is 17.9 Å². The maximum atomic E-state index is 13.7. The summed E-state index contributed by atoms with van der Waals surface area (Å²) in [5.74, 6) is -0.691. The van der Waals surface area contributed by atoms with E-state index in [9.17, 15) is 9.18 Å². The Hall–Kier alpha value is -2.89. The van der Waals surface area contributed by atoms with Crippen molar-refractivity contribution >= 4 is 22.6 Å². The molecule has 0 bridgehead atoms. The van der Waals surface area contributed by atoms with Gasteiger partial charge in [0.1, 0.15) is 11.3 Å². The van der Waals surface area contributed by atoms with Gasteiger partial charge in [0, 0.05) is 18.0 Å². The third-order valence-corrected chi connectivity index (χ3v) is 3.17. The molecule has 0 saturated carbocycles. The van der Waals surface area contributed by atoms with Crippen LogP contribution in [0.2, 0.25) is 0 Å². The number of furan rings is 1. The second kappa shape index (κ2) is 4.90. The minimum absolute atomic E-state index is 0.311. The molecular weight excluding hydrogens is 273 g/mol. The van der Waals surface area contributed by atoms with E-state index in [1.807, 2.05) is 0 Å². The van der Waals surface area contributed by atoms with E-state index in [2.05, 4.69) is 10.3 Å². The minimum atomic E-state index is -0.603. The van der Waals surface area contributed by atoms with Gasteiger partial charge in [-0.05, 0) is 36.4 Å². The number of fused-ring (bicyclic) bond motifs is 1. The molecule has 6 heteroatoms. The molecule has 106 valence electrons. The fraction of sp³-hybridized carbons (Fsp3) is 0.0667. The number of carbonyl (C=O) groups excluding carboxylic acids is 1. The number of halogens is 1. The molecule has 0 aliphatic heterocycles. The number of nitrogens with zero attached hydrogens (tertiary/aromatic N) is 1. The van der Waals surface area contributed by atoms with Crippen molar-refractivity contribution in [3.8, 4) is 11.5 Å². The molecule has 0 unspecified atom stereocenters. The number of amides is 1. The van der Waals surface area contributed by atoms with Gasteiger partial charge in [-0.25, -0.2) is 4.98 Å². The topological polar surface area (TPSA) is 81.1 Å². The van der Waals surface area contributed by atoms with Crippen LogP contribution in [0.15, 0.2) is 40.8 Å². The van der Waals surface area contributed by atoms with E-state index >= 15 is 0 Å². The van der Waals surface area contributed by atoms with Gasteiger partial charge in [-0.3, -0.25) is 4.79 Å². The highest BCUT2D eigenvalue weighted by Crippen LogP contribution is 2.28. The van der Waals surface area contributed by atoms with Crippen LogP contribution in [0.3, 0.4) is 0 Å². The zero-order valence-electron chi connectivity index (χ0n) is 11.2. The molecule has 1 aromatic carbocycles. The van der Waals surface area contributed by atoms with E-state index in [4.69, 9.17) is 10.2 Å². The molecule has 21 heavy (non-hydrogen) atoms. The lowest BCUT2D eigenvalue weighted by molar-refractivity contribution is 0.100. The van der Waals surface area contributed by atoms with Crippen molar-refractivity contribution in [1.29, 1.82) is 0 Å². The molecule has 5 nitrogen and oxygen atoms in total. The summed E-state index contributed by atoms with van der Waals surface area (Å²) in [6, 6.07) is 9.79. The maximum absolute atomic E-state index is 13.7. The predicted octanol–water partition coefficient (Wildman–Crippen LogP) is 2.77. The molecule has 2 heterocycles. The molecule has 1 amide bonds. The summed E-state index contributed by atoms with van der Waals surface area (Å²) in [6.07, 6.45) is 0. The zero-order chi connectivity index (χ0) is 15.0. The van der Waals surface area contributed by atoms with E-state index < -0.39 is 11.9 Å². The van der Waals surface area contributed by atoms with Crippen molar-refractivity contribution in [3.63, 3.8) is 0 Å². The molecule has 3 aromatic rings. The summed E-state index contributed by atoms with van der Waals surface area (Å²) in [6.45, 7) is 0. The number of primary amides is 1. The number of aromatic nitrogens is 1. The normalized spacial score (nSPS) is 10.8. The summed E-state index contributed by atoms with van der Waals surface area (Å²) in [7, 11) is 1.62. The largest absolute Gasteiger partial charge is 0.454 e. The zero-order valence-corrected chi connectivity index (χ0v) is 11.2. The van der Waals surface area contributed by atoms with Gasteiger partial charge >= 0.3 is 0 Å². The van der Waals surface area contributed by atoms with Crippen molar-refractivity contribution in [3.05, 3.63) is 47.9 Å². The van der Waals surface area contributed by atoms with Gasteiger partial charge in [0.15, 0.2) is 5.76 Å². The number of pyridine rings is 1. The lowest BCUT2D eigenvalue weighted by Gasteiger charge is -2.02. The molecular formula is C15H12FN3O2. The summed E-state index contributed by atoms with van der Waals surface area (Å²) < 4.78 is 19.3. The summed E-state index contributed by atoms with van der Waals surface area (Å²) in [5, 5.41) is 3.41. The molecule has 0 fully saturated rings. The summed E-state index contributed by atoms with van der Waals surface area (Å²) in [4.78, 5) is 15.0. The summed E-state index contributed by atoms with van der Waals surface area (Å²) >= 11 is 0. The van der Waals surface area contributed by atoms with Crippen molar-refractivity contribution in [2.75, 3.05) is 12.4 Å². The van der Waals surface area contributed by atoms with Gasteiger partial charge in [0.05, 0.1) is 5.69 Å². The molecule has 0 saturated heterocycles.